The van der Waals surface area contributed by atoms with Gasteiger partial charge in [0.25, 0.3) is 0 Å². The first-order valence-electron chi connectivity index (χ1n) is 6.08. The molecule has 0 amide bonds. The Morgan fingerprint density at radius 2 is 2.10 bits per heavy atom. The van der Waals surface area contributed by atoms with E-state index in [0.717, 1.165) is 16.5 Å². The van der Waals surface area contributed by atoms with Crippen molar-refractivity contribution in [3.05, 3.63) is 53.6 Å². The fourth-order valence-corrected chi connectivity index (χ4v) is 2.07. The summed E-state index contributed by atoms with van der Waals surface area (Å²) >= 11 is 5.75. The lowest BCUT2D eigenvalue weighted by molar-refractivity contribution is 1.09. The second-order valence-corrected chi connectivity index (χ2v) is 4.67. The van der Waals surface area contributed by atoms with E-state index in [1.54, 1.807) is 6.20 Å². The van der Waals surface area contributed by atoms with Crippen molar-refractivity contribution in [1.82, 2.24) is 15.0 Å². The number of hydrogen-bond acceptors (Lipinski definition) is 5. The number of nitrogens with one attached hydrogen (secondary N) is 1. The molecule has 3 aromatic rings. The monoisotopic (exact) mass is 285 g/mol. The zero-order valence-electron chi connectivity index (χ0n) is 10.5. The molecule has 2 heterocycles. The fraction of sp³-hybridized carbons (Fsp3) is 0.0714. The van der Waals surface area contributed by atoms with E-state index in [0.29, 0.717) is 18.1 Å². The first-order chi connectivity index (χ1) is 9.72. The minimum absolute atomic E-state index is 0.171. The molecular formula is C14H12ClN5. The van der Waals surface area contributed by atoms with Gasteiger partial charge in [0.1, 0.15) is 0 Å². The van der Waals surface area contributed by atoms with Gasteiger partial charge in [0.15, 0.2) is 5.82 Å². The number of hydrogen-bond donors (Lipinski definition) is 2. The third-order valence-corrected chi connectivity index (χ3v) is 3.10. The van der Waals surface area contributed by atoms with E-state index in [-0.39, 0.29) is 5.28 Å². The number of halogens is 1. The highest BCUT2D eigenvalue weighted by Crippen LogP contribution is 2.18. The lowest BCUT2D eigenvalue weighted by atomic mass is 10.1. The summed E-state index contributed by atoms with van der Waals surface area (Å²) in [4.78, 5) is 12.2. The van der Waals surface area contributed by atoms with Crippen molar-refractivity contribution in [3.63, 3.8) is 0 Å². The second kappa shape index (κ2) is 5.30. The summed E-state index contributed by atoms with van der Waals surface area (Å²) in [5.74, 6) is 0.538. The molecular weight excluding hydrogens is 274 g/mol. The maximum Gasteiger partial charge on any atom is 0.224 e. The average Bonchev–Trinajstić information content (AvgIpc) is 2.48. The number of nitrogens with two attached hydrogens (primary N) is 1. The highest BCUT2D eigenvalue weighted by molar-refractivity contribution is 6.28. The van der Waals surface area contributed by atoms with Gasteiger partial charge in [0.05, 0.1) is 17.4 Å². The number of pyridine rings is 1. The summed E-state index contributed by atoms with van der Waals surface area (Å²) in [6.45, 7) is 0.600. The summed E-state index contributed by atoms with van der Waals surface area (Å²) in [6, 6.07) is 10.0. The van der Waals surface area contributed by atoms with Crippen LogP contribution < -0.4 is 11.1 Å². The number of anilines is 2. The Bertz CT molecular complexity index is 759. The topological polar surface area (TPSA) is 76.7 Å². The van der Waals surface area contributed by atoms with E-state index in [1.807, 2.05) is 24.3 Å². The van der Waals surface area contributed by atoms with Gasteiger partial charge in [-0.3, -0.25) is 4.98 Å². The molecule has 0 saturated carbocycles. The van der Waals surface area contributed by atoms with Crippen LogP contribution in [0.3, 0.4) is 0 Å². The van der Waals surface area contributed by atoms with E-state index < -0.39 is 0 Å². The molecule has 0 aliphatic heterocycles. The summed E-state index contributed by atoms with van der Waals surface area (Å²) in [5, 5.41) is 4.42. The van der Waals surface area contributed by atoms with Crippen LogP contribution in [0.25, 0.3) is 10.9 Å². The Hall–Kier alpha value is -2.40. The smallest absolute Gasteiger partial charge is 0.224 e. The number of benzene rings is 1. The number of nitrogen functional groups attached to an aromatic ring is 1. The van der Waals surface area contributed by atoms with Crippen LogP contribution in [0, 0.1) is 0 Å². The molecule has 0 spiro atoms. The first-order valence-corrected chi connectivity index (χ1v) is 6.46. The standard InChI is InChI=1S/C14H12ClN5/c15-14-19-8-11(16)13(20-14)18-7-9-3-4-12-10(6-9)2-1-5-17-12/h1-6,8H,7,16H2,(H,18,19,20). The van der Waals surface area contributed by atoms with Gasteiger partial charge in [-0.2, -0.15) is 4.98 Å². The Balaban J connectivity index is 1.81. The van der Waals surface area contributed by atoms with Crippen LogP contribution in [-0.4, -0.2) is 15.0 Å². The van der Waals surface area contributed by atoms with Crippen LogP contribution >= 0.6 is 11.6 Å². The van der Waals surface area contributed by atoms with Crippen molar-refractivity contribution in [3.8, 4) is 0 Å². The molecule has 0 saturated heterocycles. The van der Waals surface area contributed by atoms with Gasteiger partial charge in [0, 0.05) is 18.1 Å². The van der Waals surface area contributed by atoms with Crippen LogP contribution in [0.15, 0.2) is 42.7 Å². The minimum Gasteiger partial charge on any atom is -0.394 e. The molecule has 6 heteroatoms. The molecule has 5 nitrogen and oxygen atoms in total. The molecule has 0 aliphatic carbocycles. The molecule has 2 aromatic heterocycles. The first kappa shape index (κ1) is 12.6. The van der Waals surface area contributed by atoms with Gasteiger partial charge in [-0.1, -0.05) is 12.1 Å². The molecule has 100 valence electrons. The Morgan fingerprint density at radius 1 is 1.20 bits per heavy atom. The maximum atomic E-state index is 5.79. The van der Waals surface area contributed by atoms with E-state index in [1.165, 1.54) is 6.20 Å². The van der Waals surface area contributed by atoms with Crippen molar-refractivity contribution in [2.45, 2.75) is 6.54 Å². The highest BCUT2D eigenvalue weighted by Gasteiger charge is 2.03. The predicted octanol–water partition coefficient (Wildman–Crippen LogP) is 2.87. The molecule has 0 bridgehead atoms. The lowest BCUT2D eigenvalue weighted by Crippen LogP contribution is -2.05. The van der Waals surface area contributed by atoms with Gasteiger partial charge < -0.3 is 11.1 Å². The molecule has 0 atom stereocenters. The molecule has 0 aliphatic rings. The van der Waals surface area contributed by atoms with E-state index in [9.17, 15) is 0 Å². The lowest BCUT2D eigenvalue weighted by Gasteiger charge is -2.08. The van der Waals surface area contributed by atoms with Gasteiger partial charge >= 0.3 is 0 Å². The zero-order chi connectivity index (χ0) is 13.9. The van der Waals surface area contributed by atoms with Gasteiger partial charge in [0.2, 0.25) is 5.28 Å². The maximum absolute atomic E-state index is 5.79. The Kier molecular flexibility index (Phi) is 3.35. The van der Waals surface area contributed by atoms with Crippen molar-refractivity contribution < 1.29 is 0 Å². The van der Waals surface area contributed by atoms with E-state index in [2.05, 4.69) is 26.3 Å². The highest BCUT2D eigenvalue weighted by atomic mass is 35.5. The minimum atomic E-state index is 0.171. The summed E-state index contributed by atoms with van der Waals surface area (Å²) in [7, 11) is 0. The quantitative estimate of drug-likeness (QED) is 0.724. The largest absolute Gasteiger partial charge is 0.394 e. The second-order valence-electron chi connectivity index (χ2n) is 4.33. The van der Waals surface area contributed by atoms with Crippen LogP contribution in [0.4, 0.5) is 11.5 Å². The number of nitrogens with zero attached hydrogens (tertiary/aromatic N) is 3. The number of fused-ring (bicyclic) bond motifs is 1. The van der Waals surface area contributed by atoms with Crippen molar-refractivity contribution in [2.75, 3.05) is 11.1 Å². The van der Waals surface area contributed by atoms with Gasteiger partial charge in [-0.05, 0) is 35.4 Å². The SMILES string of the molecule is Nc1cnc(Cl)nc1NCc1ccc2ncccc2c1. The molecule has 0 unspecified atom stereocenters. The van der Waals surface area contributed by atoms with Crippen molar-refractivity contribution in [2.24, 2.45) is 0 Å². The number of aromatic nitrogens is 3. The van der Waals surface area contributed by atoms with Crippen LogP contribution in [-0.2, 0) is 6.54 Å². The van der Waals surface area contributed by atoms with Crippen LogP contribution in [0.1, 0.15) is 5.56 Å². The number of rotatable bonds is 3. The Morgan fingerprint density at radius 3 is 3.00 bits per heavy atom. The van der Waals surface area contributed by atoms with Crippen molar-refractivity contribution in [1.29, 1.82) is 0 Å². The third kappa shape index (κ3) is 2.62. The van der Waals surface area contributed by atoms with Gasteiger partial charge in [-0.25, -0.2) is 4.98 Å². The average molecular weight is 286 g/mol. The van der Waals surface area contributed by atoms with Gasteiger partial charge in [-0.15, -0.1) is 0 Å². The molecule has 20 heavy (non-hydrogen) atoms. The van der Waals surface area contributed by atoms with Crippen molar-refractivity contribution >= 4 is 34.0 Å². The normalized spacial score (nSPS) is 10.7. The third-order valence-electron chi connectivity index (χ3n) is 2.92. The van der Waals surface area contributed by atoms with Crippen LogP contribution in [0.2, 0.25) is 5.28 Å². The van der Waals surface area contributed by atoms with E-state index in [4.69, 9.17) is 17.3 Å². The molecule has 3 rings (SSSR count). The zero-order valence-corrected chi connectivity index (χ0v) is 11.3. The predicted molar refractivity (Wildman–Crippen MR) is 80.5 cm³/mol. The molecule has 0 fully saturated rings. The summed E-state index contributed by atoms with van der Waals surface area (Å²) in [6.07, 6.45) is 3.27. The Labute approximate surface area is 120 Å². The summed E-state index contributed by atoms with van der Waals surface area (Å²) in [5.41, 5.74) is 8.34. The molecule has 3 N–H and O–H groups in total. The molecule has 0 radical (unpaired) electrons. The van der Waals surface area contributed by atoms with Crippen LogP contribution in [0.5, 0.6) is 0 Å². The van der Waals surface area contributed by atoms with E-state index >= 15 is 0 Å². The summed E-state index contributed by atoms with van der Waals surface area (Å²) < 4.78 is 0. The fourth-order valence-electron chi connectivity index (χ4n) is 1.93. The molecule has 1 aromatic carbocycles.